The van der Waals surface area contributed by atoms with Gasteiger partial charge in [-0.3, -0.25) is 4.79 Å². The van der Waals surface area contributed by atoms with E-state index in [1.54, 1.807) is 6.92 Å². The lowest BCUT2D eigenvalue weighted by Gasteiger charge is -2.26. The van der Waals surface area contributed by atoms with Crippen LogP contribution in [0.15, 0.2) is 29.8 Å². The number of hydrogen-bond donors (Lipinski definition) is 0. The van der Waals surface area contributed by atoms with Gasteiger partial charge in [0.05, 0.1) is 23.6 Å². The predicted octanol–water partition coefficient (Wildman–Crippen LogP) is 3.21. The van der Waals surface area contributed by atoms with Crippen LogP contribution in [0.2, 0.25) is 0 Å². The number of carbonyl (C=O) groups excluding carboxylic acids is 2. The van der Waals surface area contributed by atoms with Crippen LogP contribution in [-0.2, 0) is 19.1 Å². The van der Waals surface area contributed by atoms with Gasteiger partial charge in [-0.25, -0.2) is 4.79 Å². The largest absolute Gasteiger partial charge is 0.463 e. The summed E-state index contributed by atoms with van der Waals surface area (Å²) in [5.41, 5.74) is 2.20. The van der Waals surface area contributed by atoms with Crippen molar-refractivity contribution in [1.29, 1.82) is 0 Å². The number of carbonyl (C=O) groups is 2. The minimum absolute atomic E-state index is 0.255. The summed E-state index contributed by atoms with van der Waals surface area (Å²) in [6, 6.07) is 7.54. The second-order valence-electron chi connectivity index (χ2n) is 4.90. The maximum Gasteiger partial charge on any atom is 0.335 e. The molecule has 2 rings (SSSR count). The molecule has 1 aromatic rings. The summed E-state index contributed by atoms with van der Waals surface area (Å²) in [6.45, 7) is 3.98. The Labute approximate surface area is 128 Å². The van der Waals surface area contributed by atoms with Crippen molar-refractivity contribution in [2.75, 3.05) is 6.61 Å². The molecular weight excluding hydrogens is 292 g/mol. The second-order valence-corrected chi connectivity index (χ2v) is 5.28. The summed E-state index contributed by atoms with van der Waals surface area (Å²) < 4.78 is 10.0. The van der Waals surface area contributed by atoms with Gasteiger partial charge < -0.3 is 9.47 Å². The van der Waals surface area contributed by atoms with Gasteiger partial charge in [0.15, 0.2) is 0 Å². The molecular formula is C16H17ClO4. The third-order valence-electron chi connectivity index (χ3n) is 3.22. The lowest BCUT2D eigenvalue weighted by Crippen LogP contribution is -2.34. The standard InChI is InChI=1S/C16H17ClO4/c1-3-20-16(19)13(8-12-9-14(18)21-12)15(17)11-6-4-10(2)5-7-11/h4-7,12H,3,8-9H2,1-2H3/b15-13-/t12-/m1/s1. The lowest BCUT2D eigenvalue weighted by atomic mass is 9.99. The third-order valence-corrected chi connectivity index (χ3v) is 3.66. The van der Waals surface area contributed by atoms with E-state index >= 15 is 0 Å². The Hall–Kier alpha value is -1.81. The van der Waals surface area contributed by atoms with Crippen molar-refractivity contribution in [2.24, 2.45) is 0 Å². The Bertz CT molecular complexity index is 566. The van der Waals surface area contributed by atoms with Gasteiger partial charge in [-0.2, -0.15) is 0 Å². The first-order valence-electron chi connectivity index (χ1n) is 6.83. The van der Waals surface area contributed by atoms with Gasteiger partial charge in [0, 0.05) is 6.42 Å². The van der Waals surface area contributed by atoms with Crippen LogP contribution < -0.4 is 0 Å². The highest BCUT2D eigenvalue weighted by molar-refractivity contribution is 6.50. The fraction of sp³-hybridized carbons (Fsp3) is 0.375. The molecule has 0 radical (unpaired) electrons. The number of rotatable bonds is 5. The molecule has 1 fully saturated rings. The van der Waals surface area contributed by atoms with Crippen molar-refractivity contribution in [1.82, 2.24) is 0 Å². The Balaban J connectivity index is 2.26. The number of aryl methyl sites for hydroxylation is 1. The van der Waals surface area contributed by atoms with Crippen LogP contribution in [0.3, 0.4) is 0 Å². The van der Waals surface area contributed by atoms with E-state index in [-0.39, 0.29) is 25.1 Å². The number of ether oxygens (including phenoxy) is 2. The third kappa shape index (κ3) is 3.85. The van der Waals surface area contributed by atoms with Crippen LogP contribution in [0.4, 0.5) is 0 Å². The first-order chi connectivity index (χ1) is 10.0. The Kier molecular flexibility index (Phi) is 5.02. The molecule has 1 aromatic carbocycles. The van der Waals surface area contributed by atoms with Gasteiger partial charge in [-0.15, -0.1) is 0 Å². The second kappa shape index (κ2) is 6.76. The van der Waals surface area contributed by atoms with Crippen molar-refractivity contribution in [2.45, 2.75) is 32.8 Å². The van der Waals surface area contributed by atoms with Crippen molar-refractivity contribution in [3.63, 3.8) is 0 Å². The zero-order valence-electron chi connectivity index (χ0n) is 12.0. The van der Waals surface area contributed by atoms with Crippen molar-refractivity contribution >= 4 is 28.6 Å². The average Bonchev–Trinajstić information content (AvgIpc) is 2.42. The smallest absolute Gasteiger partial charge is 0.335 e. The molecule has 21 heavy (non-hydrogen) atoms. The lowest BCUT2D eigenvalue weighted by molar-refractivity contribution is -0.169. The summed E-state index contributed by atoms with van der Waals surface area (Å²) in [6.07, 6.45) is 0.286. The van der Waals surface area contributed by atoms with Crippen molar-refractivity contribution < 1.29 is 19.1 Å². The normalized spacial score (nSPS) is 18.4. The molecule has 5 heteroatoms. The number of hydrogen-bond acceptors (Lipinski definition) is 4. The highest BCUT2D eigenvalue weighted by Gasteiger charge is 2.32. The Morgan fingerprint density at radius 3 is 2.52 bits per heavy atom. The molecule has 1 heterocycles. The highest BCUT2D eigenvalue weighted by Crippen LogP contribution is 2.30. The first-order valence-corrected chi connectivity index (χ1v) is 7.21. The molecule has 0 N–H and O–H groups in total. The van der Waals surface area contributed by atoms with E-state index in [1.807, 2.05) is 31.2 Å². The van der Waals surface area contributed by atoms with Crippen LogP contribution in [0.25, 0.3) is 5.03 Å². The van der Waals surface area contributed by atoms with Crippen LogP contribution in [0, 0.1) is 6.92 Å². The highest BCUT2D eigenvalue weighted by atomic mass is 35.5. The van der Waals surface area contributed by atoms with E-state index in [9.17, 15) is 9.59 Å². The van der Waals surface area contributed by atoms with Crippen LogP contribution in [0.1, 0.15) is 30.9 Å². The molecule has 1 aliphatic heterocycles. The van der Waals surface area contributed by atoms with E-state index < -0.39 is 5.97 Å². The molecule has 4 nitrogen and oxygen atoms in total. The summed E-state index contributed by atoms with van der Waals surface area (Å²) >= 11 is 6.36. The molecule has 0 amide bonds. The first kappa shape index (κ1) is 15.6. The van der Waals surface area contributed by atoms with Gasteiger partial charge in [0.2, 0.25) is 0 Å². The zero-order chi connectivity index (χ0) is 15.4. The minimum Gasteiger partial charge on any atom is -0.463 e. The van der Waals surface area contributed by atoms with Gasteiger partial charge >= 0.3 is 11.9 Å². The van der Waals surface area contributed by atoms with Crippen molar-refractivity contribution in [3.8, 4) is 0 Å². The maximum absolute atomic E-state index is 12.1. The fourth-order valence-electron chi connectivity index (χ4n) is 2.06. The van der Waals surface area contributed by atoms with E-state index in [4.69, 9.17) is 21.1 Å². The molecule has 0 aliphatic carbocycles. The topological polar surface area (TPSA) is 52.6 Å². The Morgan fingerprint density at radius 2 is 2.00 bits per heavy atom. The molecule has 0 aromatic heterocycles. The van der Waals surface area contributed by atoms with Gasteiger partial charge in [-0.1, -0.05) is 41.4 Å². The van der Waals surface area contributed by atoms with Gasteiger partial charge in [0.1, 0.15) is 6.10 Å². The van der Waals surface area contributed by atoms with Gasteiger partial charge in [0.25, 0.3) is 0 Å². The minimum atomic E-state index is -0.467. The van der Waals surface area contributed by atoms with E-state index in [0.29, 0.717) is 17.0 Å². The quantitative estimate of drug-likeness (QED) is 0.619. The van der Waals surface area contributed by atoms with Gasteiger partial charge in [-0.05, 0) is 19.4 Å². The number of halogens is 1. The molecule has 0 spiro atoms. The van der Waals surface area contributed by atoms with Crippen LogP contribution in [-0.4, -0.2) is 24.6 Å². The van der Waals surface area contributed by atoms with Crippen LogP contribution >= 0.6 is 11.6 Å². The molecule has 112 valence electrons. The molecule has 1 saturated heterocycles. The monoisotopic (exact) mass is 308 g/mol. The SMILES string of the molecule is CCOC(=O)/C(C[C@@H]1CC(=O)O1)=C(\Cl)c1ccc(C)cc1. The summed E-state index contributed by atoms with van der Waals surface area (Å²) in [7, 11) is 0. The average molecular weight is 309 g/mol. The van der Waals surface area contributed by atoms with E-state index in [1.165, 1.54) is 0 Å². The Morgan fingerprint density at radius 1 is 1.38 bits per heavy atom. The molecule has 1 atom stereocenters. The molecule has 0 bridgehead atoms. The molecule has 1 aliphatic rings. The zero-order valence-corrected chi connectivity index (χ0v) is 12.8. The predicted molar refractivity (Wildman–Crippen MR) is 79.7 cm³/mol. The van der Waals surface area contributed by atoms with E-state index in [2.05, 4.69) is 0 Å². The van der Waals surface area contributed by atoms with E-state index in [0.717, 1.165) is 11.1 Å². The number of esters is 2. The number of benzene rings is 1. The molecule has 0 saturated carbocycles. The van der Waals surface area contributed by atoms with Crippen molar-refractivity contribution in [3.05, 3.63) is 41.0 Å². The fourth-order valence-corrected chi connectivity index (χ4v) is 2.34. The summed E-state index contributed by atoms with van der Waals surface area (Å²) in [5.74, 6) is -0.722. The molecule has 0 unspecified atom stereocenters. The maximum atomic E-state index is 12.1. The summed E-state index contributed by atoms with van der Waals surface area (Å²) in [5, 5.41) is 0.344. The van der Waals surface area contributed by atoms with Crippen LogP contribution in [0.5, 0.6) is 0 Å². The summed E-state index contributed by atoms with van der Waals surface area (Å²) in [4.78, 5) is 23.0. The number of cyclic esters (lactones) is 1.